The molecule has 0 aliphatic carbocycles. The second kappa shape index (κ2) is 5.07. The molecule has 2 nitrogen and oxygen atoms in total. The van der Waals surface area contributed by atoms with E-state index >= 15 is 0 Å². The highest BCUT2D eigenvalue weighted by atomic mass is 28.4. The molecule has 0 fully saturated rings. The number of hydrogen-bond acceptors (Lipinski definition) is 2. The van der Waals surface area contributed by atoms with Gasteiger partial charge < -0.3 is 8.46 Å². The maximum absolute atomic E-state index is 2.77. The van der Waals surface area contributed by atoms with E-state index in [1.54, 1.807) is 0 Å². The standard InChI is InChI=1S/C9H28N2Si3/c1-8-9-13(4,5)11(3)14(6,7)10(2)12/h8-9H2,1-7,12H3. The molecule has 86 valence electrons. The Morgan fingerprint density at radius 3 is 1.79 bits per heavy atom. The Kier molecular flexibility index (Phi) is 5.27. The third-order valence-electron chi connectivity index (χ3n) is 3.69. The van der Waals surface area contributed by atoms with Crippen molar-refractivity contribution in [1.82, 2.24) is 8.46 Å². The van der Waals surface area contributed by atoms with Gasteiger partial charge in [-0.1, -0.05) is 26.4 Å². The SMILES string of the molecule is CCC[Si](C)(C)N(C)[Si](C)(C)N(C)[SiH3]. The second-order valence-electron chi connectivity index (χ2n) is 5.51. The predicted octanol–water partition coefficient (Wildman–Crippen LogP) is 1.45. The van der Waals surface area contributed by atoms with Crippen molar-refractivity contribution >= 4 is 27.0 Å². The van der Waals surface area contributed by atoms with E-state index in [9.17, 15) is 0 Å². The Bertz CT molecular complexity index is 181. The van der Waals surface area contributed by atoms with Crippen LogP contribution in [0.5, 0.6) is 0 Å². The molecule has 0 saturated carbocycles. The molecule has 0 bridgehead atoms. The van der Waals surface area contributed by atoms with E-state index in [-0.39, 0.29) is 0 Å². The molecule has 0 saturated heterocycles. The van der Waals surface area contributed by atoms with Crippen molar-refractivity contribution in [3.05, 3.63) is 0 Å². The van der Waals surface area contributed by atoms with Crippen LogP contribution in [0.2, 0.25) is 32.2 Å². The Balaban J connectivity index is 4.66. The van der Waals surface area contributed by atoms with Crippen molar-refractivity contribution in [3.63, 3.8) is 0 Å². The van der Waals surface area contributed by atoms with Crippen LogP contribution in [-0.4, -0.2) is 49.6 Å². The lowest BCUT2D eigenvalue weighted by molar-refractivity contribution is 0.636. The minimum atomic E-state index is -1.27. The van der Waals surface area contributed by atoms with Crippen LogP contribution in [0.4, 0.5) is 0 Å². The van der Waals surface area contributed by atoms with Crippen LogP contribution in [0.15, 0.2) is 0 Å². The third-order valence-corrected chi connectivity index (χ3v) is 17.8. The van der Waals surface area contributed by atoms with Crippen molar-refractivity contribution in [2.45, 2.75) is 45.6 Å². The average Bonchev–Trinajstić information content (AvgIpc) is 2.02. The van der Waals surface area contributed by atoms with Crippen LogP contribution >= 0.6 is 0 Å². The monoisotopic (exact) mass is 248 g/mol. The van der Waals surface area contributed by atoms with E-state index in [4.69, 9.17) is 0 Å². The average molecular weight is 249 g/mol. The summed E-state index contributed by atoms with van der Waals surface area (Å²) in [6.07, 6.45) is 1.33. The van der Waals surface area contributed by atoms with Crippen molar-refractivity contribution in [3.8, 4) is 0 Å². The highest BCUT2D eigenvalue weighted by Crippen LogP contribution is 2.23. The van der Waals surface area contributed by atoms with Crippen LogP contribution in [0, 0.1) is 0 Å². The fourth-order valence-electron chi connectivity index (χ4n) is 1.82. The zero-order valence-electron chi connectivity index (χ0n) is 11.3. The summed E-state index contributed by atoms with van der Waals surface area (Å²) < 4.78 is 5.36. The van der Waals surface area contributed by atoms with Crippen molar-refractivity contribution < 1.29 is 0 Å². The molecule has 0 atom stereocenters. The first-order chi connectivity index (χ1) is 6.16. The molecule has 0 amide bonds. The molecule has 5 heteroatoms. The highest BCUT2D eigenvalue weighted by molar-refractivity contribution is 6.90. The Labute approximate surface area is 95.4 Å². The minimum Gasteiger partial charge on any atom is -0.344 e. The first kappa shape index (κ1) is 14.6. The van der Waals surface area contributed by atoms with Crippen LogP contribution < -0.4 is 0 Å². The first-order valence-electron chi connectivity index (χ1n) is 5.57. The van der Waals surface area contributed by atoms with Crippen LogP contribution in [0.1, 0.15) is 13.3 Å². The molecule has 0 aromatic rings. The van der Waals surface area contributed by atoms with Crippen LogP contribution in [0.3, 0.4) is 0 Å². The Morgan fingerprint density at radius 1 is 1.07 bits per heavy atom. The van der Waals surface area contributed by atoms with Crippen molar-refractivity contribution in [2.75, 3.05) is 14.1 Å². The molecule has 0 N–H and O–H groups in total. The minimum absolute atomic E-state index is 1.13. The van der Waals surface area contributed by atoms with Crippen LogP contribution in [0.25, 0.3) is 0 Å². The van der Waals surface area contributed by atoms with Crippen molar-refractivity contribution in [1.29, 1.82) is 0 Å². The van der Waals surface area contributed by atoms with Gasteiger partial charge >= 0.3 is 0 Å². The van der Waals surface area contributed by atoms with E-state index < -0.39 is 16.6 Å². The molecule has 0 aromatic carbocycles. The third kappa shape index (κ3) is 3.30. The van der Waals surface area contributed by atoms with Crippen LogP contribution in [-0.2, 0) is 0 Å². The second-order valence-corrected chi connectivity index (χ2v) is 17.5. The fraction of sp³-hybridized carbons (Fsp3) is 1.00. The zero-order valence-corrected chi connectivity index (χ0v) is 15.3. The molecule has 14 heavy (non-hydrogen) atoms. The van der Waals surface area contributed by atoms with Gasteiger partial charge in [0.15, 0.2) is 8.40 Å². The molecule has 0 aliphatic rings. The number of nitrogens with zero attached hydrogens (tertiary/aromatic N) is 2. The Morgan fingerprint density at radius 2 is 1.50 bits per heavy atom. The van der Waals surface area contributed by atoms with Gasteiger partial charge in [-0.3, -0.25) is 0 Å². The summed E-state index contributed by atoms with van der Waals surface area (Å²) in [7, 11) is 3.44. The molecule has 0 radical (unpaired) electrons. The summed E-state index contributed by atoms with van der Waals surface area (Å²) in [6.45, 7) is 12.3. The van der Waals surface area contributed by atoms with E-state index in [1.165, 1.54) is 22.9 Å². The molecule has 0 spiro atoms. The number of rotatable bonds is 5. The predicted molar refractivity (Wildman–Crippen MR) is 75.5 cm³/mol. The van der Waals surface area contributed by atoms with Gasteiger partial charge in [0, 0.05) is 0 Å². The zero-order chi connectivity index (χ0) is 11.6. The summed E-state index contributed by atoms with van der Waals surface area (Å²) in [4.78, 5) is 0. The highest BCUT2D eigenvalue weighted by Gasteiger charge is 2.38. The Hall–Kier alpha value is 0.571. The first-order valence-corrected chi connectivity index (χ1v) is 12.5. The quantitative estimate of drug-likeness (QED) is 0.680. The smallest absolute Gasteiger partial charge is 0.186 e. The topological polar surface area (TPSA) is 6.48 Å². The normalized spacial score (nSPS) is 14.4. The molecule has 0 unspecified atom stereocenters. The van der Waals surface area contributed by atoms with Gasteiger partial charge in [0.25, 0.3) is 0 Å². The summed E-state index contributed by atoms with van der Waals surface area (Å²) in [6, 6.07) is 1.43. The molecule has 0 aliphatic heterocycles. The van der Waals surface area contributed by atoms with E-state index in [0.717, 1.165) is 0 Å². The summed E-state index contributed by atoms with van der Waals surface area (Å²) in [5, 5.41) is 0. The number of hydrogen-bond donors (Lipinski definition) is 0. The molecular weight excluding hydrogens is 220 g/mol. The van der Waals surface area contributed by atoms with Gasteiger partial charge in [-0.25, -0.2) is 0 Å². The summed E-state index contributed by atoms with van der Waals surface area (Å²) in [5.41, 5.74) is 0. The molecular formula is C9H28N2Si3. The lowest BCUT2D eigenvalue weighted by Gasteiger charge is -2.47. The van der Waals surface area contributed by atoms with E-state index in [0.29, 0.717) is 0 Å². The van der Waals surface area contributed by atoms with Gasteiger partial charge in [0.05, 0.1) is 10.4 Å². The maximum atomic E-state index is 2.77. The van der Waals surface area contributed by atoms with Gasteiger partial charge in [0.1, 0.15) is 8.24 Å². The molecule has 0 heterocycles. The summed E-state index contributed by atoms with van der Waals surface area (Å²) >= 11 is 0. The maximum Gasteiger partial charge on any atom is 0.186 e. The van der Waals surface area contributed by atoms with Gasteiger partial charge in [-0.15, -0.1) is 0 Å². The van der Waals surface area contributed by atoms with Gasteiger partial charge in [0.2, 0.25) is 0 Å². The van der Waals surface area contributed by atoms with Gasteiger partial charge in [-0.2, -0.15) is 0 Å². The van der Waals surface area contributed by atoms with Crippen molar-refractivity contribution in [2.24, 2.45) is 0 Å². The summed E-state index contributed by atoms with van der Waals surface area (Å²) in [5.74, 6) is 0. The lowest BCUT2D eigenvalue weighted by Crippen LogP contribution is -2.66. The lowest BCUT2D eigenvalue weighted by atomic mass is 10.6. The molecule has 0 rings (SSSR count). The van der Waals surface area contributed by atoms with E-state index in [1.807, 2.05) is 0 Å². The molecule has 0 aromatic heterocycles. The largest absolute Gasteiger partial charge is 0.344 e. The fourth-order valence-corrected chi connectivity index (χ4v) is 12.3. The van der Waals surface area contributed by atoms with Gasteiger partial charge in [-0.05, 0) is 33.2 Å². The van der Waals surface area contributed by atoms with E-state index in [2.05, 4.69) is 55.7 Å².